The average molecular weight is 230 g/mol. The number of ketones is 1. The Balaban J connectivity index is 1.80. The van der Waals surface area contributed by atoms with E-state index < -0.39 is 0 Å². The fraction of sp³-hybridized carbons (Fsp3) is 0.562. The van der Waals surface area contributed by atoms with E-state index in [4.69, 9.17) is 0 Å². The third-order valence-corrected chi connectivity index (χ3v) is 3.81. The summed E-state index contributed by atoms with van der Waals surface area (Å²) < 4.78 is 0. The SMILES string of the molecule is O=C(CCc1ccccc1)C1CCCCCC1. The largest absolute Gasteiger partial charge is 0.299 e. The average Bonchev–Trinajstić information content (AvgIpc) is 2.66. The number of rotatable bonds is 4. The summed E-state index contributed by atoms with van der Waals surface area (Å²) in [5.74, 6) is 0.858. The van der Waals surface area contributed by atoms with Gasteiger partial charge in [-0.05, 0) is 24.8 Å². The maximum atomic E-state index is 12.1. The first-order valence-corrected chi connectivity index (χ1v) is 6.93. The molecule has 0 heterocycles. The summed E-state index contributed by atoms with van der Waals surface area (Å²) in [6, 6.07) is 10.3. The first-order valence-electron chi connectivity index (χ1n) is 6.93. The van der Waals surface area contributed by atoms with Crippen molar-refractivity contribution in [2.24, 2.45) is 5.92 Å². The van der Waals surface area contributed by atoms with Crippen LogP contribution in [0.15, 0.2) is 30.3 Å². The van der Waals surface area contributed by atoms with Crippen LogP contribution < -0.4 is 0 Å². The lowest BCUT2D eigenvalue weighted by Crippen LogP contribution is -2.14. The lowest BCUT2D eigenvalue weighted by atomic mass is 9.92. The van der Waals surface area contributed by atoms with Crippen molar-refractivity contribution in [2.45, 2.75) is 51.4 Å². The standard InChI is InChI=1S/C16H22O/c17-16(15-10-6-1-2-7-11-15)13-12-14-8-4-3-5-9-14/h3-5,8-9,15H,1-2,6-7,10-13H2. The highest BCUT2D eigenvalue weighted by Gasteiger charge is 2.19. The molecule has 0 N–H and O–H groups in total. The topological polar surface area (TPSA) is 17.1 Å². The van der Waals surface area contributed by atoms with E-state index in [1.165, 1.54) is 31.2 Å². The minimum absolute atomic E-state index is 0.362. The van der Waals surface area contributed by atoms with Crippen LogP contribution in [-0.2, 0) is 11.2 Å². The van der Waals surface area contributed by atoms with E-state index in [2.05, 4.69) is 12.1 Å². The summed E-state index contributed by atoms with van der Waals surface area (Å²) in [7, 11) is 0. The van der Waals surface area contributed by atoms with E-state index in [1.54, 1.807) is 0 Å². The maximum absolute atomic E-state index is 12.1. The Kier molecular flexibility index (Phi) is 4.78. The lowest BCUT2D eigenvalue weighted by Gasteiger charge is -2.12. The van der Waals surface area contributed by atoms with Gasteiger partial charge in [-0.15, -0.1) is 0 Å². The van der Waals surface area contributed by atoms with Gasteiger partial charge >= 0.3 is 0 Å². The van der Waals surface area contributed by atoms with Crippen molar-refractivity contribution in [1.29, 1.82) is 0 Å². The Hall–Kier alpha value is -1.11. The smallest absolute Gasteiger partial charge is 0.136 e. The molecule has 17 heavy (non-hydrogen) atoms. The van der Waals surface area contributed by atoms with Crippen LogP contribution in [0.3, 0.4) is 0 Å². The normalized spacial score (nSPS) is 17.6. The van der Waals surface area contributed by atoms with Gasteiger partial charge in [0.05, 0.1) is 0 Å². The number of carbonyl (C=O) groups is 1. The van der Waals surface area contributed by atoms with Gasteiger partial charge in [0.2, 0.25) is 0 Å². The highest BCUT2D eigenvalue weighted by Crippen LogP contribution is 2.24. The summed E-state index contributed by atoms with van der Waals surface area (Å²) in [6.07, 6.45) is 9.06. The summed E-state index contributed by atoms with van der Waals surface area (Å²) in [4.78, 5) is 12.1. The van der Waals surface area contributed by atoms with Gasteiger partial charge < -0.3 is 0 Å². The Morgan fingerprint density at radius 2 is 1.65 bits per heavy atom. The second kappa shape index (κ2) is 6.58. The van der Waals surface area contributed by atoms with Crippen molar-refractivity contribution in [3.05, 3.63) is 35.9 Å². The Morgan fingerprint density at radius 1 is 1.00 bits per heavy atom. The van der Waals surface area contributed by atoms with Crippen molar-refractivity contribution in [2.75, 3.05) is 0 Å². The number of hydrogen-bond donors (Lipinski definition) is 0. The van der Waals surface area contributed by atoms with E-state index in [1.807, 2.05) is 18.2 Å². The van der Waals surface area contributed by atoms with Crippen molar-refractivity contribution in [3.63, 3.8) is 0 Å². The summed E-state index contributed by atoms with van der Waals surface area (Å²) in [5.41, 5.74) is 1.29. The minimum atomic E-state index is 0.362. The Labute approximate surface area is 104 Å². The molecule has 0 aromatic heterocycles. The van der Waals surface area contributed by atoms with Gasteiger partial charge in [0.15, 0.2) is 0 Å². The molecule has 1 aliphatic rings. The number of benzene rings is 1. The Morgan fingerprint density at radius 3 is 2.29 bits per heavy atom. The highest BCUT2D eigenvalue weighted by atomic mass is 16.1. The van der Waals surface area contributed by atoms with Crippen molar-refractivity contribution >= 4 is 5.78 Å². The van der Waals surface area contributed by atoms with E-state index in [0.717, 1.165) is 25.7 Å². The monoisotopic (exact) mass is 230 g/mol. The third-order valence-electron chi connectivity index (χ3n) is 3.81. The van der Waals surface area contributed by atoms with Gasteiger partial charge in [-0.25, -0.2) is 0 Å². The summed E-state index contributed by atoms with van der Waals surface area (Å²) >= 11 is 0. The quantitative estimate of drug-likeness (QED) is 0.710. The predicted octanol–water partition coefficient (Wildman–Crippen LogP) is 4.16. The highest BCUT2D eigenvalue weighted by molar-refractivity contribution is 5.81. The van der Waals surface area contributed by atoms with Crippen LogP contribution in [0.25, 0.3) is 0 Å². The second-order valence-electron chi connectivity index (χ2n) is 5.14. The van der Waals surface area contributed by atoms with Gasteiger partial charge in [0.25, 0.3) is 0 Å². The fourth-order valence-corrected chi connectivity index (χ4v) is 2.72. The molecule has 1 aromatic carbocycles. The zero-order chi connectivity index (χ0) is 11.9. The molecule has 0 amide bonds. The second-order valence-corrected chi connectivity index (χ2v) is 5.14. The molecule has 1 aliphatic carbocycles. The first-order chi connectivity index (χ1) is 8.36. The first kappa shape index (κ1) is 12.3. The maximum Gasteiger partial charge on any atom is 0.136 e. The summed E-state index contributed by atoms with van der Waals surface area (Å²) in [5, 5.41) is 0. The van der Waals surface area contributed by atoms with Crippen LogP contribution in [-0.4, -0.2) is 5.78 Å². The molecule has 0 atom stereocenters. The number of aryl methyl sites for hydroxylation is 1. The van der Waals surface area contributed by atoms with Crippen LogP contribution >= 0.6 is 0 Å². The minimum Gasteiger partial charge on any atom is -0.299 e. The lowest BCUT2D eigenvalue weighted by molar-refractivity contribution is -0.123. The zero-order valence-electron chi connectivity index (χ0n) is 10.5. The van der Waals surface area contributed by atoms with E-state index in [0.29, 0.717) is 11.7 Å². The third kappa shape index (κ3) is 3.99. The molecule has 0 saturated heterocycles. The van der Waals surface area contributed by atoms with E-state index >= 15 is 0 Å². The van der Waals surface area contributed by atoms with Gasteiger partial charge in [-0.3, -0.25) is 4.79 Å². The number of carbonyl (C=O) groups excluding carboxylic acids is 1. The van der Waals surface area contributed by atoms with Crippen LogP contribution in [0.2, 0.25) is 0 Å². The molecule has 0 spiro atoms. The van der Waals surface area contributed by atoms with Gasteiger partial charge in [-0.1, -0.05) is 56.0 Å². The molecule has 0 aliphatic heterocycles. The number of hydrogen-bond acceptors (Lipinski definition) is 1. The molecule has 1 aromatic rings. The Bertz CT molecular complexity index is 334. The molecule has 92 valence electrons. The molecule has 1 nitrogen and oxygen atoms in total. The van der Waals surface area contributed by atoms with Crippen LogP contribution in [0.1, 0.15) is 50.5 Å². The molecule has 2 rings (SSSR count). The van der Waals surface area contributed by atoms with Crippen molar-refractivity contribution in [1.82, 2.24) is 0 Å². The van der Waals surface area contributed by atoms with Gasteiger partial charge in [0.1, 0.15) is 5.78 Å². The van der Waals surface area contributed by atoms with Crippen LogP contribution in [0.4, 0.5) is 0 Å². The van der Waals surface area contributed by atoms with Gasteiger partial charge in [-0.2, -0.15) is 0 Å². The number of Topliss-reactive ketones (excluding diaryl/α,β-unsaturated/α-hetero) is 1. The van der Waals surface area contributed by atoms with E-state index in [-0.39, 0.29) is 0 Å². The molecular formula is C16H22O. The molecule has 0 bridgehead atoms. The fourth-order valence-electron chi connectivity index (χ4n) is 2.72. The summed E-state index contributed by atoms with van der Waals surface area (Å²) in [6.45, 7) is 0. The molecule has 1 heteroatoms. The van der Waals surface area contributed by atoms with Crippen LogP contribution in [0.5, 0.6) is 0 Å². The molecule has 0 radical (unpaired) electrons. The zero-order valence-corrected chi connectivity index (χ0v) is 10.5. The molecule has 0 unspecified atom stereocenters. The van der Waals surface area contributed by atoms with Crippen molar-refractivity contribution < 1.29 is 4.79 Å². The van der Waals surface area contributed by atoms with E-state index in [9.17, 15) is 4.79 Å². The molecule has 1 saturated carbocycles. The molecular weight excluding hydrogens is 208 g/mol. The van der Waals surface area contributed by atoms with Gasteiger partial charge in [0, 0.05) is 12.3 Å². The predicted molar refractivity (Wildman–Crippen MR) is 71.0 cm³/mol. The molecule has 1 fully saturated rings. The van der Waals surface area contributed by atoms with Crippen molar-refractivity contribution in [3.8, 4) is 0 Å². The van der Waals surface area contributed by atoms with Crippen LogP contribution in [0, 0.1) is 5.92 Å².